The number of phenols is 1. The van der Waals surface area contributed by atoms with Gasteiger partial charge in [0, 0.05) is 10.6 Å². The molecule has 8 heteroatoms. The number of imide groups is 2. The van der Waals surface area contributed by atoms with Crippen molar-refractivity contribution in [1.29, 1.82) is 0 Å². The maximum absolute atomic E-state index is 12.9. The molecule has 1 fully saturated rings. The van der Waals surface area contributed by atoms with E-state index in [0.29, 0.717) is 16.3 Å². The number of phenolic OH excluding ortho intramolecular Hbond substituents is 1. The van der Waals surface area contributed by atoms with Gasteiger partial charge < -0.3 is 9.84 Å². The van der Waals surface area contributed by atoms with Crippen molar-refractivity contribution in [3.05, 3.63) is 58.6 Å². The third kappa shape index (κ3) is 3.82. The Morgan fingerprint density at radius 3 is 2.57 bits per heavy atom. The smallest absolute Gasteiger partial charge is 0.335 e. The Bertz CT molecular complexity index is 1040. The van der Waals surface area contributed by atoms with Gasteiger partial charge in [0.2, 0.25) is 0 Å². The molecule has 140 valence electrons. The molecule has 0 unspecified atom stereocenters. The number of carbonyl (C=O) groups is 3. The quantitative estimate of drug-likeness (QED) is 0.470. The zero-order valence-electron chi connectivity index (χ0n) is 14.3. The second-order valence-corrected chi connectivity index (χ2v) is 6.09. The third-order valence-corrected chi connectivity index (χ3v) is 4.03. The fraction of sp³-hybridized carbons (Fsp3) is 0.0500. The molecule has 0 aromatic heterocycles. The minimum Gasteiger partial charge on any atom is -0.508 e. The number of aromatic hydroxyl groups is 1. The van der Waals surface area contributed by atoms with Crippen molar-refractivity contribution in [2.45, 2.75) is 0 Å². The van der Waals surface area contributed by atoms with E-state index >= 15 is 0 Å². The van der Waals surface area contributed by atoms with E-state index in [4.69, 9.17) is 22.8 Å². The molecule has 0 aliphatic carbocycles. The van der Waals surface area contributed by atoms with Crippen LogP contribution in [0.4, 0.5) is 10.5 Å². The molecule has 0 saturated carbocycles. The number of nitrogens with zero attached hydrogens (tertiary/aromatic N) is 1. The number of hydrogen-bond acceptors (Lipinski definition) is 5. The van der Waals surface area contributed by atoms with Gasteiger partial charge in [-0.3, -0.25) is 14.9 Å². The molecule has 0 radical (unpaired) electrons. The molecule has 3 rings (SSSR count). The number of terminal acetylenes is 1. The first-order valence-electron chi connectivity index (χ1n) is 7.97. The third-order valence-electron chi connectivity index (χ3n) is 3.79. The molecular weight excluding hydrogens is 384 g/mol. The van der Waals surface area contributed by atoms with Crippen LogP contribution in [0.15, 0.2) is 48.0 Å². The summed E-state index contributed by atoms with van der Waals surface area (Å²) in [5.74, 6) is 0.928. The van der Waals surface area contributed by atoms with E-state index in [1.807, 2.05) is 0 Å². The number of amides is 4. The number of carbonyl (C=O) groups excluding carboxylic acids is 3. The minimum atomic E-state index is -0.896. The van der Waals surface area contributed by atoms with Crippen molar-refractivity contribution >= 4 is 41.2 Å². The van der Waals surface area contributed by atoms with E-state index in [9.17, 15) is 19.5 Å². The summed E-state index contributed by atoms with van der Waals surface area (Å²) >= 11 is 6.01. The number of urea groups is 1. The highest BCUT2D eigenvalue weighted by molar-refractivity contribution is 6.39. The van der Waals surface area contributed by atoms with E-state index in [1.54, 1.807) is 12.1 Å². The van der Waals surface area contributed by atoms with Gasteiger partial charge in [0.25, 0.3) is 11.8 Å². The van der Waals surface area contributed by atoms with Crippen molar-refractivity contribution in [2.24, 2.45) is 0 Å². The van der Waals surface area contributed by atoms with Crippen molar-refractivity contribution in [3.63, 3.8) is 0 Å². The van der Waals surface area contributed by atoms with Crippen LogP contribution in [-0.2, 0) is 9.59 Å². The highest BCUT2D eigenvalue weighted by Gasteiger charge is 2.37. The average molecular weight is 397 g/mol. The molecule has 28 heavy (non-hydrogen) atoms. The fourth-order valence-corrected chi connectivity index (χ4v) is 2.71. The van der Waals surface area contributed by atoms with Gasteiger partial charge in [-0.25, -0.2) is 9.69 Å². The van der Waals surface area contributed by atoms with Crippen LogP contribution in [0.5, 0.6) is 11.5 Å². The molecule has 1 aliphatic rings. The predicted molar refractivity (Wildman–Crippen MR) is 103 cm³/mol. The summed E-state index contributed by atoms with van der Waals surface area (Å²) in [5, 5.41) is 11.9. The van der Waals surface area contributed by atoms with E-state index in [1.165, 1.54) is 36.4 Å². The van der Waals surface area contributed by atoms with Crippen LogP contribution in [-0.4, -0.2) is 29.6 Å². The van der Waals surface area contributed by atoms with Crippen LogP contribution in [0.3, 0.4) is 0 Å². The Morgan fingerprint density at radius 1 is 1.18 bits per heavy atom. The highest BCUT2D eigenvalue weighted by Crippen LogP contribution is 2.28. The van der Waals surface area contributed by atoms with Gasteiger partial charge >= 0.3 is 6.03 Å². The van der Waals surface area contributed by atoms with Crippen LogP contribution < -0.4 is 15.0 Å². The van der Waals surface area contributed by atoms with Gasteiger partial charge in [-0.15, -0.1) is 6.42 Å². The molecule has 0 spiro atoms. The monoisotopic (exact) mass is 396 g/mol. The number of nitrogens with one attached hydrogen (secondary N) is 1. The van der Waals surface area contributed by atoms with Crippen LogP contribution in [0.25, 0.3) is 6.08 Å². The van der Waals surface area contributed by atoms with Crippen molar-refractivity contribution < 1.29 is 24.2 Å². The van der Waals surface area contributed by atoms with Crippen LogP contribution >= 0.6 is 11.6 Å². The molecule has 2 aromatic carbocycles. The van der Waals surface area contributed by atoms with Crippen LogP contribution in [0, 0.1) is 12.3 Å². The number of hydrogen-bond donors (Lipinski definition) is 2. The van der Waals surface area contributed by atoms with Gasteiger partial charge in [-0.05, 0) is 48.5 Å². The topological polar surface area (TPSA) is 95.9 Å². The summed E-state index contributed by atoms with van der Waals surface area (Å²) < 4.78 is 5.41. The lowest BCUT2D eigenvalue weighted by atomic mass is 10.1. The number of barbiturate groups is 1. The predicted octanol–water partition coefficient (Wildman–Crippen LogP) is 2.72. The SMILES string of the molecule is C#CCOc1ccc(Cl)cc1/C=C1\C(=O)NC(=O)N(c2ccc(O)cc2)C1=O. The summed E-state index contributed by atoms with van der Waals surface area (Å²) in [6.07, 6.45) is 6.47. The first-order valence-corrected chi connectivity index (χ1v) is 8.35. The molecule has 2 N–H and O–H groups in total. The first-order chi connectivity index (χ1) is 13.4. The Hall–Kier alpha value is -3.76. The molecule has 7 nitrogen and oxygen atoms in total. The van der Waals surface area contributed by atoms with E-state index < -0.39 is 17.8 Å². The zero-order chi connectivity index (χ0) is 20.3. The highest BCUT2D eigenvalue weighted by atomic mass is 35.5. The van der Waals surface area contributed by atoms with Gasteiger partial charge in [-0.1, -0.05) is 17.5 Å². The molecule has 1 heterocycles. The van der Waals surface area contributed by atoms with E-state index in [2.05, 4.69) is 11.2 Å². The average Bonchev–Trinajstić information content (AvgIpc) is 2.66. The molecule has 0 bridgehead atoms. The van der Waals surface area contributed by atoms with Crippen LogP contribution in [0.1, 0.15) is 5.56 Å². The number of halogens is 1. The van der Waals surface area contributed by atoms with E-state index in [-0.39, 0.29) is 23.6 Å². The summed E-state index contributed by atoms with van der Waals surface area (Å²) in [6, 6.07) is 9.12. The first kappa shape index (κ1) is 19.0. The lowest BCUT2D eigenvalue weighted by Gasteiger charge is -2.26. The Balaban J connectivity index is 2.03. The Labute approximate surface area is 165 Å². The number of ether oxygens (including phenoxy) is 1. The Morgan fingerprint density at radius 2 is 1.89 bits per heavy atom. The van der Waals surface area contributed by atoms with E-state index in [0.717, 1.165) is 4.90 Å². The van der Waals surface area contributed by atoms with Gasteiger partial charge in [0.15, 0.2) is 0 Å². The zero-order valence-corrected chi connectivity index (χ0v) is 15.1. The standard InChI is InChI=1S/C20H13ClN2O5/c1-2-9-28-17-8-3-13(21)10-12(17)11-16-18(25)22-20(27)23(19(16)26)14-4-6-15(24)7-5-14/h1,3-8,10-11,24H,9H2,(H,22,25,27)/b16-11+. The second kappa shape index (κ2) is 7.86. The number of benzene rings is 2. The molecular formula is C20H13ClN2O5. The van der Waals surface area contributed by atoms with Gasteiger partial charge in [0.1, 0.15) is 23.7 Å². The maximum atomic E-state index is 12.9. The molecule has 1 saturated heterocycles. The summed E-state index contributed by atoms with van der Waals surface area (Å²) in [5.41, 5.74) is 0.246. The number of anilines is 1. The summed E-state index contributed by atoms with van der Waals surface area (Å²) in [6.45, 7) is -0.0178. The normalized spacial score (nSPS) is 15.4. The lowest BCUT2D eigenvalue weighted by Crippen LogP contribution is -2.54. The Kier molecular flexibility index (Phi) is 5.34. The fourth-order valence-electron chi connectivity index (χ4n) is 2.53. The largest absolute Gasteiger partial charge is 0.508 e. The van der Waals surface area contributed by atoms with Crippen molar-refractivity contribution in [3.8, 4) is 23.8 Å². The number of rotatable bonds is 4. The minimum absolute atomic E-state index is 0.0178. The maximum Gasteiger partial charge on any atom is 0.335 e. The van der Waals surface area contributed by atoms with Crippen LogP contribution in [0.2, 0.25) is 5.02 Å². The summed E-state index contributed by atoms with van der Waals surface area (Å²) in [7, 11) is 0. The van der Waals surface area contributed by atoms with Gasteiger partial charge in [-0.2, -0.15) is 0 Å². The van der Waals surface area contributed by atoms with Gasteiger partial charge in [0.05, 0.1) is 5.69 Å². The molecule has 1 aliphatic heterocycles. The molecule has 4 amide bonds. The molecule has 0 atom stereocenters. The lowest BCUT2D eigenvalue weighted by molar-refractivity contribution is -0.122. The van der Waals surface area contributed by atoms with Crippen molar-refractivity contribution in [1.82, 2.24) is 5.32 Å². The molecule has 2 aromatic rings. The van der Waals surface area contributed by atoms with Crippen molar-refractivity contribution in [2.75, 3.05) is 11.5 Å². The summed E-state index contributed by atoms with van der Waals surface area (Å²) in [4.78, 5) is 38.1. The second-order valence-electron chi connectivity index (χ2n) is 5.65.